The van der Waals surface area contributed by atoms with E-state index in [0.717, 1.165) is 0 Å². The van der Waals surface area contributed by atoms with Crippen molar-refractivity contribution >= 4 is 23.2 Å². The Kier molecular flexibility index (Phi) is 2.58. The highest BCUT2D eigenvalue weighted by atomic mass is 16.3. The first-order valence-corrected chi connectivity index (χ1v) is 8.08. The number of ketones is 2. The normalized spacial score (nSPS) is 16.6. The van der Waals surface area contributed by atoms with E-state index in [4.69, 9.17) is 0 Å². The van der Waals surface area contributed by atoms with Gasteiger partial charge in [-0.05, 0) is 35.8 Å². The van der Waals surface area contributed by atoms with E-state index >= 15 is 0 Å². The summed E-state index contributed by atoms with van der Waals surface area (Å²) in [6.07, 6.45) is 3.26. The van der Waals surface area contributed by atoms with Crippen molar-refractivity contribution < 1.29 is 30.0 Å². The molecule has 3 aliphatic rings. The number of phenols is 3. The van der Waals surface area contributed by atoms with Crippen LogP contribution in [0.4, 0.5) is 0 Å². The first-order chi connectivity index (χ1) is 12.4. The Hall–Kier alpha value is -3.54. The lowest BCUT2D eigenvalue weighted by molar-refractivity contribution is -0.110. The van der Waals surface area contributed by atoms with Gasteiger partial charge in [0.15, 0.2) is 11.5 Å². The monoisotopic (exact) mass is 348 g/mol. The Balaban J connectivity index is 2.00. The molecule has 0 saturated heterocycles. The summed E-state index contributed by atoms with van der Waals surface area (Å²) in [6, 6.07) is 3.14. The van der Waals surface area contributed by atoms with Crippen LogP contribution in [0.3, 0.4) is 0 Å². The number of hydrogen-bond acceptors (Lipinski definition) is 6. The van der Waals surface area contributed by atoms with E-state index in [2.05, 4.69) is 0 Å². The van der Waals surface area contributed by atoms with Crippen molar-refractivity contribution in [3.05, 3.63) is 51.8 Å². The highest BCUT2D eigenvalue weighted by molar-refractivity contribution is 6.50. The Bertz CT molecular complexity index is 1150. The minimum absolute atomic E-state index is 0.115. The maximum Gasteiger partial charge on any atom is 0.233 e. The van der Waals surface area contributed by atoms with Crippen LogP contribution in [0, 0.1) is 0 Å². The van der Waals surface area contributed by atoms with Crippen molar-refractivity contribution in [2.75, 3.05) is 0 Å². The molecule has 0 bridgehead atoms. The first kappa shape index (κ1) is 14.8. The molecular formula is C20H12O6. The third-order valence-electron chi connectivity index (χ3n) is 5.31. The fourth-order valence-electron chi connectivity index (χ4n) is 4.16. The summed E-state index contributed by atoms with van der Waals surface area (Å²) in [5, 5.41) is 41.4. The van der Waals surface area contributed by atoms with Crippen LogP contribution in [-0.2, 0) is 11.2 Å². The van der Waals surface area contributed by atoms with Crippen molar-refractivity contribution in [3.63, 3.8) is 0 Å². The lowest BCUT2D eigenvalue weighted by Crippen LogP contribution is -2.16. The molecule has 0 fully saturated rings. The predicted octanol–water partition coefficient (Wildman–Crippen LogP) is 2.83. The molecule has 0 aromatic heterocycles. The topological polar surface area (TPSA) is 115 Å². The zero-order valence-electron chi connectivity index (χ0n) is 13.3. The smallest absolute Gasteiger partial charge is 0.233 e. The summed E-state index contributed by atoms with van der Waals surface area (Å²) in [5.41, 5.74) is 3.34. The van der Waals surface area contributed by atoms with Crippen LogP contribution in [-0.4, -0.2) is 32.0 Å². The fraction of sp³-hybridized carbons (Fsp3) is 0.100. The summed E-state index contributed by atoms with van der Waals surface area (Å²) in [4.78, 5) is 23.9. The molecule has 0 aliphatic heterocycles. The summed E-state index contributed by atoms with van der Waals surface area (Å²) in [5.74, 6) is -2.72. The number of benzene rings is 2. The van der Waals surface area contributed by atoms with E-state index in [1.54, 1.807) is 6.07 Å². The van der Waals surface area contributed by atoms with Gasteiger partial charge in [0.05, 0.1) is 0 Å². The number of phenolic OH excluding ortho intramolecular Hbond substituents is 3. The SMILES string of the molecule is O=C1C=Cc2c(ccc3c2-c2c(O)c(O)c(O)c4c2C3=C(O)CC4)C1=O. The molecule has 5 rings (SSSR count). The largest absolute Gasteiger partial charge is 0.512 e. The Morgan fingerprint density at radius 3 is 2.23 bits per heavy atom. The van der Waals surface area contributed by atoms with E-state index in [0.29, 0.717) is 39.8 Å². The van der Waals surface area contributed by atoms with E-state index in [1.807, 2.05) is 0 Å². The number of carbonyl (C=O) groups excluding carboxylic acids is 2. The number of carbonyl (C=O) groups is 2. The summed E-state index contributed by atoms with van der Waals surface area (Å²) >= 11 is 0. The third kappa shape index (κ3) is 1.52. The number of aliphatic hydroxyl groups is 1. The van der Waals surface area contributed by atoms with Gasteiger partial charge in [-0.15, -0.1) is 0 Å². The molecule has 2 aromatic rings. The maximum absolute atomic E-state index is 12.2. The van der Waals surface area contributed by atoms with Crippen molar-refractivity contribution in [2.24, 2.45) is 0 Å². The highest BCUT2D eigenvalue weighted by Crippen LogP contribution is 2.60. The van der Waals surface area contributed by atoms with Crippen molar-refractivity contribution in [1.29, 1.82) is 0 Å². The number of fused-ring (bicyclic) bond motifs is 5. The first-order valence-electron chi connectivity index (χ1n) is 8.08. The van der Waals surface area contributed by atoms with Crippen LogP contribution in [0.25, 0.3) is 22.8 Å². The van der Waals surface area contributed by atoms with E-state index in [9.17, 15) is 30.0 Å². The van der Waals surface area contributed by atoms with Gasteiger partial charge in [0.25, 0.3) is 0 Å². The van der Waals surface area contributed by atoms with Gasteiger partial charge < -0.3 is 20.4 Å². The zero-order chi connectivity index (χ0) is 18.3. The lowest BCUT2D eigenvalue weighted by Gasteiger charge is -2.20. The molecule has 0 radical (unpaired) electrons. The van der Waals surface area contributed by atoms with Crippen molar-refractivity contribution in [1.82, 2.24) is 0 Å². The lowest BCUT2D eigenvalue weighted by atomic mass is 9.87. The van der Waals surface area contributed by atoms with E-state index in [-0.39, 0.29) is 23.3 Å². The minimum atomic E-state index is -0.647. The molecule has 0 atom stereocenters. The molecule has 0 saturated carbocycles. The van der Waals surface area contributed by atoms with Crippen LogP contribution in [0.1, 0.15) is 39.0 Å². The molecule has 0 amide bonds. The molecule has 4 N–H and O–H groups in total. The predicted molar refractivity (Wildman–Crippen MR) is 92.2 cm³/mol. The molecule has 0 spiro atoms. The second kappa shape index (κ2) is 4.54. The molecule has 26 heavy (non-hydrogen) atoms. The number of aromatic hydroxyl groups is 3. The zero-order valence-corrected chi connectivity index (χ0v) is 13.3. The maximum atomic E-state index is 12.2. The number of hydrogen-bond donors (Lipinski definition) is 4. The Labute approximate surface area is 147 Å². The number of allylic oxidation sites excluding steroid dienone is 2. The van der Waals surface area contributed by atoms with Gasteiger partial charge in [0.1, 0.15) is 5.76 Å². The fourth-order valence-corrected chi connectivity index (χ4v) is 4.16. The van der Waals surface area contributed by atoms with Crippen LogP contribution < -0.4 is 0 Å². The Morgan fingerprint density at radius 1 is 0.731 bits per heavy atom. The number of Topliss-reactive ketones (excluding diaryl/α,β-unsaturated/α-hetero) is 1. The van der Waals surface area contributed by atoms with Gasteiger partial charge in [-0.1, -0.05) is 6.07 Å². The average Bonchev–Trinajstić information content (AvgIpc) is 2.98. The molecule has 6 nitrogen and oxygen atoms in total. The van der Waals surface area contributed by atoms with Gasteiger partial charge in [0, 0.05) is 39.8 Å². The van der Waals surface area contributed by atoms with E-state index in [1.165, 1.54) is 18.2 Å². The quantitative estimate of drug-likeness (QED) is 0.367. The number of rotatable bonds is 0. The van der Waals surface area contributed by atoms with Crippen molar-refractivity contribution in [3.8, 4) is 28.4 Å². The Morgan fingerprint density at radius 2 is 1.46 bits per heavy atom. The standard InChI is InChI=1S/C20H12O6/c21-11-5-4-10-15-14(11)9-2-1-8-7(3-6-12(22)17(8)23)13(9)16(15)19(25)20(26)18(10)24/h1-3,6,21,24-26H,4-5H2. The van der Waals surface area contributed by atoms with Gasteiger partial charge in [-0.2, -0.15) is 0 Å². The molecule has 128 valence electrons. The second-order valence-corrected chi connectivity index (χ2v) is 6.57. The molecular weight excluding hydrogens is 336 g/mol. The van der Waals surface area contributed by atoms with Gasteiger partial charge in [-0.25, -0.2) is 0 Å². The van der Waals surface area contributed by atoms with E-state index < -0.39 is 28.8 Å². The third-order valence-corrected chi connectivity index (χ3v) is 5.31. The van der Waals surface area contributed by atoms with Crippen LogP contribution in [0.15, 0.2) is 24.0 Å². The number of aliphatic hydroxyl groups excluding tert-OH is 1. The molecule has 2 aromatic carbocycles. The summed E-state index contributed by atoms with van der Waals surface area (Å²) < 4.78 is 0. The molecule has 3 aliphatic carbocycles. The molecule has 6 heteroatoms. The van der Waals surface area contributed by atoms with Gasteiger partial charge >= 0.3 is 0 Å². The second-order valence-electron chi connectivity index (χ2n) is 6.57. The van der Waals surface area contributed by atoms with Crippen LogP contribution >= 0.6 is 0 Å². The van der Waals surface area contributed by atoms with Crippen LogP contribution in [0.2, 0.25) is 0 Å². The summed E-state index contributed by atoms with van der Waals surface area (Å²) in [6.45, 7) is 0. The highest BCUT2D eigenvalue weighted by Gasteiger charge is 2.40. The summed E-state index contributed by atoms with van der Waals surface area (Å²) in [7, 11) is 0. The van der Waals surface area contributed by atoms with Gasteiger partial charge in [0.2, 0.25) is 17.3 Å². The minimum Gasteiger partial charge on any atom is -0.512 e. The molecule has 0 heterocycles. The van der Waals surface area contributed by atoms with Crippen LogP contribution in [0.5, 0.6) is 17.2 Å². The van der Waals surface area contributed by atoms with Crippen molar-refractivity contribution in [2.45, 2.75) is 12.8 Å². The molecule has 0 unspecified atom stereocenters. The average molecular weight is 348 g/mol. The van der Waals surface area contributed by atoms with Gasteiger partial charge in [-0.3, -0.25) is 9.59 Å².